The van der Waals surface area contributed by atoms with Gasteiger partial charge in [0.25, 0.3) is 0 Å². The molecule has 0 aromatic rings. The van der Waals surface area contributed by atoms with Gasteiger partial charge in [0.15, 0.2) is 0 Å². The highest BCUT2D eigenvalue weighted by Gasteiger charge is 2.17. The number of hydrogen-bond donors (Lipinski definition) is 1. The van der Waals surface area contributed by atoms with E-state index in [1.54, 1.807) is 19.1 Å². The number of amides is 1. The van der Waals surface area contributed by atoms with Gasteiger partial charge in [0.2, 0.25) is 5.91 Å². The van der Waals surface area contributed by atoms with Crippen LogP contribution < -0.4 is 5.73 Å². The van der Waals surface area contributed by atoms with E-state index in [1.165, 1.54) is 0 Å². The molecule has 0 heterocycles. The summed E-state index contributed by atoms with van der Waals surface area (Å²) in [5.74, 6) is 0.0869. The van der Waals surface area contributed by atoms with Gasteiger partial charge in [-0.25, -0.2) is 0 Å². The highest BCUT2D eigenvalue weighted by molar-refractivity contribution is 5.76. The van der Waals surface area contributed by atoms with Crippen molar-refractivity contribution >= 4 is 5.91 Å². The lowest BCUT2D eigenvalue weighted by atomic mass is 10.1. The van der Waals surface area contributed by atoms with Crippen LogP contribution in [0.25, 0.3) is 0 Å². The van der Waals surface area contributed by atoms with Crippen molar-refractivity contribution < 1.29 is 9.53 Å². The fourth-order valence-corrected chi connectivity index (χ4v) is 1.11. The van der Waals surface area contributed by atoms with E-state index in [2.05, 4.69) is 0 Å². The summed E-state index contributed by atoms with van der Waals surface area (Å²) in [6.07, 6.45) is 1.25. The molecule has 2 atom stereocenters. The van der Waals surface area contributed by atoms with E-state index in [9.17, 15) is 4.79 Å². The first kappa shape index (κ1) is 13.4. The summed E-state index contributed by atoms with van der Waals surface area (Å²) >= 11 is 0. The number of nitrogens with zero attached hydrogens (tertiary/aromatic N) is 1. The largest absolute Gasteiger partial charge is 0.383 e. The van der Waals surface area contributed by atoms with Crippen LogP contribution in [0.15, 0.2) is 0 Å². The molecule has 2 N–H and O–H groups in total. The van der Waals surface area contributed by atoms with Crippen LogP contribution in [0.3, 0.4) is 0 Å². The maximum absolute atomic E-state index is 11.6. The molecule has 0 aliphatic carbocycles. The minimum Gasteiger partial charge on any atom is -0.383 e. The standard InChI is InChI=1S/C10H22N2O2/c1-5-9(11)6-10(13)12(3)8(2)7-14-4/h8-9H,5-7,11H2,1-4H3. The highest BCUT2D eigenvalue weighted by Crippen LogP contribution is 2.02. The molecule has 0 saturated carbocycles. The third-order valence-corrected chi connectivity index (χ3v) is 2.42. The Hall–Kier alpha value is -0.610. The predicted octanol–water partition coefficient (Wildman–Crippen LogP) is 0.607. The first-order valence-corrected chi connectivity index (χ1v) is 5.03. The highest BCUT2D eigenvalue weighted by atomic mass is 16.5. The van der Waals surface area contributed by atoms with E-state index < -0.39 is 0 Å². The molecule has 2 unspecified atom stereocenters. The Morgan fingerprint density at radius 2 is 2.14 bits per heavy atom. The molecule has 0 rings (SSSR count). The Bertz CT molecular complexity index is 174. The molecule has 0 saturated heterocycles. The molecule has 84 valence electrons. The average molecular weight is 202 g/mol. The fourth-order valence-electron chi connectivity index (χ4n) is 1.11. The van der Waals surface area contributed by atoms with Gasteiger partial charge >= 0.3 is 0 Å². The Labute approximate surface area is 86.4 Å². The summed E-state index contributed by atoms with van der Waals surface area (Å²) in [6.45, 7) is 4.50. The zero-order chi connectivity index (χ0) is 11.1. The number of ether oxygens (including phenoxy) is 1. The molecule has 0 aliphatic rings. The molecule has 0 aliphatic heterocycles. The molecular formula is C10H22N2O2. The summed E-state index contributed by atoms with van der Waals surface area (Å²) in [5.41, 5.74) is 5.71. The maximum atomic E-state index is 11.6. The van der Waals surface area contributed by atoms with Crippen LogP contribution in [-0.4, -0.2) is 43.7 Å². The van der Waals surface area contributed by atoms with Crippen LogP contribution in [-0.2, 0) is 9.53 Å². The van der Waals surface area contributed by atoms with Crippen molar-refractivity contribution in [2.45, 2.75) is 38.8 Å². The second-order valence-corrected chi connectivity index (χ2v) is 3.68. The monoisotopic (exact) mass is 202 g/mol. The Morgan fingerprint density at radius 3 is 2.57 bits per heavy atom. The van der Waals surface area contributed by atoms with E-state index in [-0.39, 0.29) is 18.0 Å². The van der Waals surface area contributed by atoms with Crippen LogP contribution in [0.5, 0.6) is 0 Å². The molecule has 0 radical (unpaired) electrons. The lowest BCUT2D eigenvalue weighted by molar-refractivity contribution is -0.132. The van der Waals surface area contributed by atoms with Gasteiger partial charge in [0.05, 0.1) is 12.6 Å². The molecule has 0 bridgehead atoms. The predicted molar refractivity (Wildman–Crippen MR) is 57.0 cm³/mol. The molecule has 0 aromatic heterocycles. The lowest BCUT2D eigenvalue weighted by Crippen LogP contribution is -2.40. The Balaban J connectivity index is 3.98. The Kier molecular flexibility index (Phi) is 6.49. The minimum atomic E-state index is -0.0281. The molecule has 14 heavy (non-hydrogen) atoms. The quantitative estimate of drug-likeness (QED) is 0.686. The molecule has 4 heteroatoms. The van der Waals surface area contributed by atoms with E-state index in [0.717, 1.165) is 6.42 Å². The molecule has 4 nitrogen and oxygen atoms in total. The first-order valence-electron chi connectivity index (χ1n) is 5.03. The van der Waals surface area contributed by atoms with Gasteiger partial charge in [0, 0.05) is 26.6 Å². The number of hydrogen-bond acceptors (Lipinski definition) is 3. The second kappa shape index (κ2) is 6.79. The molecule has 1 amide bonds. The molecule has 0 aromatic carbocycles. The van der Waals surface area contributed by atoms with Gasteiger partial charge < -0.3 is 15.4 Å². The van der Waals surface area contributed by atoms with Gasteiger partial charge in [-0.15, -0.1) is 0 Å². The molecule has 0 spiro atoms. The van der Waals surface area contributed by atoms with Gasteiger partial charge in [-0.05, 0) is 13.3 Å². The smallest absolute Gasteiger partial charge is 0.224 e. The van der Waals surface area contributed by atoms with E-state index in [4.69, 9.17) is 10.5 Å². The third-order valence-electron chi connectivity index (χ3n) is 2.42. The van der Waals surface area contributed by atoms with E-state index in [1.807, 2.05) is 13.8 Å². The van der Waals surface area contributed by atoms with Crippen LogP contribution in [0.4, 0.5) is 0 Å². The number of likely N-dealkylation sites (N-methyl/N-ethyl adjacent to an activating group) is 1. The van der Waals surface area contributed by atoms with Crippen molar-refractivity contribution in [3.8, 4) is 0 Å². The van der Waals surface area contributed by atoms with Crippen LogP contribution in [0, 0.1) is 0 Å². The summed E-state index contributed by atoms with van der Waals surface area (Å²) in [7, 11) is 3.42. The second-order valence-electron chi connectivity index (χ2n) is 3.68. The van der Waals surface area contributed by atoms with Crippen molar-refractivity contribution in [1.29, 1.82) is 0 Å². The maximum Gasteiger partial charge on any atom is 0.224 e. The fraction of sp³-hybridized carbons (Fsp3) is 0.900. The minimum absolute atomic E-state index is 0.0281. The normalized spacial score (nSPS) is 14.9. The Morgan fingerprint density at radius 1 is 1.57 bits per heavy atom. The van der Waals surface area contributed by atoms with Gasteiger partial charge in [-0.1, -0.05) is 6.92 Å². The zero-order valence-corrected chi connectivity index (χ0v) is 9.62. The number of nitrogens with two attached hydrogens (primary N) is 1. The lowest BCUT2D eigenvalue weighted by Gasteiger charge is -2.25. The van der Waals surface area contributed by atoms with Crippen molar-refractivity contribution in [1.82, 2.24) is 4.90 Å². The van der Waals surface area contributed by atoms with E-state index in [0.29, 0.717) is 13.0 Å². The van der Waals surface area contributed by atoms with Crippen LogP contribution in [0.1, 0.15) is 26.7 Å². The SMILES string of the molecule is CCC(N)CC(=O)N(C)C(C)COC. The van der Waals surface area contributed by atoms with Crippen molar-refractivity contribution in [3.05, 3.63) is 0 Å². The average Bonchev–Trinajstić information content (AvgIpc) is 2.16. The van der Waals surface area contributed by atoms with Crippen molar-refractivity contribution in [3.63, 3.8) is 0 Å². The van der Waals surface area contributed by atoms with Crippen molar-refractivity contribution in [2.75, 3.05) is 20.8 Å². The van der Waals surface area contributed by atoms with Gasteiger partial charge in [0.1, 0.15) is 0 Å². The number of methoxy groups -OCH3 is 1. The number of rotatable bonds is 6. The summed E-state index contributed by atoms with van der Waals surface area (Å²) in [4.78, 5) is 13.3. The summed E-state index contributed by atoms with van der Waals surface area (Å²) < 4.78 is 4.98. The van der Waals surface area contributed by atoms with Crippen LogP contribution in [0.2, 0.25) is 0 Å². The molecule has 0 fully saturated rings. The van der Waals surface area contributed by atoms with Gasteiger partial charge in [-0.2, -0.15) is 0 Å². The van der Waals surface area contributed by atoms with Crippen molar-refractivity contribution in [2.24, 2.45) is 5.73 Å². The third kappa shape index (κ3) is 4.58. The molecular weight excluding hydrogens is 180 g/mol. The zero-order valence-electron chi connectivity index (χ0n) is 9.62. The topological polar surface area (TPSA) is 55.6 Å². The first-order chi connectivity index (χ1) is 6.52. The number of carbonyl (C=O) groups is 1. The van der Waals surface area contributed by atoms with Gasteiger partial charge in [-0.3, -0.25) is 4.79 Å². The number of carbonyl (C=O) groups excluding carboxylic acids is 1. The van der Waals surface area contributed by atoms with E-state index >= 15 is 0 Å². The summed E-state index contributed by atoms with van der Waals surface area (Å²) in [6, 6.07) is 0.0799. The van der Waals surface area contributed by atoms with Crippen LogP contribution >= 0.6 is 0 Å². The summed E-state index contributed by atoms with van der Waals surface area (Å²) in [5, 5.41) is 0.